The van der Waals surface area contributed by atoms with Crippen LogP contribution in [0.2, 0.25) is 0 Å². The first-order valence-corrected chi connectivity index (χ1v) is 21.0. The Morgan fingerprint density at radius 2 is 0.968 bits per heavy atom. The fraction of sp³-hybridized carbons (Fsp3) is 0.308. The Hall–Kier alpha value is -6.10. The van der Waals surface area contributed by atoms with Gasteiger partial charge in [-0.2, -0.15) is 26.3 Å². The first kappa shape index (κ1) is 44.9. The summed E-state index contributed by atoms with van der Waals surface area (Å²) in [5.41, 5.74) is 4.62. The van der Waals surface area contributed by atoms with Gasteiger partial charge in [0.15, 0.2) is 0 Å². The number of carbonyl (C=O) groups is 2. The Morgan fingerprint density at radius 1 is 0.540 bits per heavy atom. The van der Waals surface area contributed by atoms with Crippen molar-refractivity contribution in [3.05, 3.63) is 161 Å². The Kier molecular flexibility index (Phi) is 12.3. The maximum Gasteiger partial charge on any atom is 0.416 e. The van der Waals surface area contributed by atoms with E-state index in [1.54, 1.807) is 26.0 Å². The third-order valence-electron chi connectivity index (χ3n) is 12.3. The minimum Gasteiger partial charge on any atom is -0.462 e. The van der Waals surface area contributed by atoms with Gasteiger partial charge in [0.05, 0.1) is 24.3 Å². The first-order chi connectivity index (χ1) is 29.7. The van der Waals surface area contributed by atoms with Gasteiger partial charge in [0.1, 0.15) is 0 Å². The Morgan fingerprint density at radius 3 is 1.46 bits per heavy atom. The maximum absolute atomic E-state index is 14.5. The molecular weight excluding hydrogens is 817 g/mol. The lowest BCUT2D eigenvalue weighted by Gasteiger charge is -2.34. The number of halogens is 6. The van der Waals surface area contributed by atoms with Crippen molar-refractivity contribution in [2.45, 2.75) is 89.4 Å². The van der Waals surface area contributed by atoms with Crippen LogP contribution in [-0.4, -0.2) is 25.2 Å². The minimum absolute atomic E-state index is 0.149. The molecule has 0 N–H and O–H groups in total. The van der Waals surface area contributed by atoms with Crippen molar-refractivity contribution in [1.82, 2.24) is 0 Å². The second-order valence-corrected chi connectivity index (χ2v) is 17.1. The van der Waals surface area contributed by atoms with Gasteiger partial charge in [0.25, 0.3) is 0 Å². The molecule has 5 aromatic rings. The number of hydrogen-bond donors (Lipinski definition) is 0. The average molecular weight is 866 g/mol. The normalized spacial score (nSPS) is 14.3. The molecule has 0 atom stereocenters. The number of benzene rings is 5. The summed E-state index contributed by atoms with van der Waals surface area (Å²) in [5, 5.41) is 0. The second kappa shape index (κ2) is 17.2. The van der Waals surface area contributed by atoms with E-state index in [1.165, 1.54) is 4.90 Å². The molecule has 5 aromatic carbocycles. The van der Waals surface area contributed by atoms with Crippen molar-refractivity contribution in [1.29, 1.82) is 0 Å². The van der Waals surface area contributed by atoms with Crippen molar-refractivity contribution < 1.29 is 45.4 Å². The molecule has 0 bridgehead atoms. The average Bonchev–Trinajstić information content (AvgIpc) is 3.64. The molecule has 0 amide bonds. The van der Waals surface area contributed by atoms with Crippen LogP contribution in [0, 0.1) is 0 Å². The van der Waals surface area contributed by atoms with Crippen LogP contribution < -0.4 is 4.90 Å². The number of esters is 2. The highest BCUT2D eigenvalue weighted by Gasteiger charge is 2.44. The number of carbonyl (C=O) groups excluding carboxylic acids is 2. The van der Waals surface area contributed by atoms with Crippen molar-refractivity contribution in [3.63, 3.8) is 0 Å². The standard InChI is InChI=1S/C52H49F6NO4/c1-32(2)47(60)62-25-13-11-23-50(24-12-14-26-63-48(61)33(3)4)44-18-10-8-16-40(44)42-22-20-37(31-46(42)50)59(38-28-34(51(53,54)55)27-35(29-38)52(56,57)58)36-19-21-41-39-15-7-9-17-43(39)49(5,6)45(41)30-36/h7-10,15-22,27-31H,1,3,11-14,23-26H2,2,4-6H3. The molecule has 0 aliphatic heterocycles. The quantitative estimate of drug-likeness (QED) is 0.0454. The lowest BCUT2D eigenvalue weighted by atomic mass is 9.70. The summed E-state index contributed by atoms with van der Waals surface area (Å²) in [6.07, 6.45) is -6.73. The predicted octanol–water partition coefficient (Wildman–Crippen LogP) is 14.3. The molecule has 7 rings (SSSR count). The highest BCUT2D eigenvalue weighted by Crippen LogP contribution is 2.56. The van der Waals surface area contributed by atoms with Crippen molar-refractivity contribution in [2.24, 2.45) is 0 Å². The van der Waals surface area contributed by atoms with E-state index >= 15 is 0 Å². The molecule has 11 heteroatoms. The van der Waals surface area contributed by atoms with Crippen LogP contribution in [0.5, 0.6) is 0 Å². The molecule has 328 valence electrons. The summed E-state index contributed by atoms with van der Waals surface area (Å²) in [6.45, 7) is 14.9. The molecular formula is C52H49F6NO4. The number of unbranched alkanes of at least 4 members (excludes halogenated alkanes) is 2. The zero-order valence-corrected chi connectivity index (χ0v) is 35.7. The van der Waals surface area contributed by atoms with Crippen LogP contribution in [0.3, 0.4) is 0 Å². The third-order valence-corrected chi connectivity index (χ3v) is 12.3. The van der Waals surface area contributed by atoms with E-state index in [4.69, 9.17) is 9.47 Å². The zero-order valence-electron chi connectivity index (χ0n) is 35.7. The molecule has 5 nitrogen and oxygen atoms in total. The summed E-state index contributed by atoms with van der Waals surface area (Å²) < 4.78 is 98.0. The fourth-order valence-electron chi connectivity index (χ4n) is 9.23. The van der Waals surface area contributed by atoms with Crippen LogP contribution in [0.1, 0.15) is 99.6 Å². The van der Waals surface area contributed by atoms with E-state index in [0.29, 0.717) is 49.9 Å². The minimum atomic E-state index is -5.07. The number of alkyl halides is 6. The van der Waals surface area contributed by atoms with E-state index in [9.17, 15) is 35.9 Å². The number of fused-ring (bicyclic) bond motifs is 6. The Bertz CT molecular complexity index is 2540. The van der Waals surface area contributed by atoms with E-state index < -0.39 is 46.2 Å². The van der Waals surface area contributed by atoms with Gasteiger partial charge in [0.2, 0.25) is 0 Å². The molecule has 2 aliphatic rings. The number of anilines is 3. The predicted molar refractivity (Wildman–Crippen MR) is 234 cm³/mol. The summed E-state index contributed by atoms with van der Waals surface area (Å²) >= 11 is 0. The van der Waals surface area contributed by atoms with Gasteiger partial charge >= 0.3 is 24.3 Å². The number of ether oxygens (including phenoxy) is 2. The van der Waals surface area contributed by atoms with Gasteiger partial charge in [-0.15, -0.1) is 0 Å². The smallest absolute Gasteiger partial charge is 0.416 e. The molecule has 0 fully saturated rings. The van der Waals surface area contributed by atoms with Crippen LogP contribution in [0.4, 0.5) is 43.4 Å². The highest BCUT2D eigenvalue weighted by molar-refractivity contribution is 5.89. The maximum atomic E-state index is 14.5. The Balaban J connectivity index is 1.39. The van der Waals surface area contributed by atoms with Crippen molar-refractivity contribution >= 4 is 29.0 Å². The van der Waals surface area contributed by atoms with Gasteiger partial charge in [-0.3, -0.25) is 0 Å². The van der Waals surface area contributed by atoms with Crippen LogP contribution in [0.15, 0.2) is 127 Å². The zero-order chi connectivity index (χ0) is 45.5. The lowest BCUT2D eigenvalue weighted by molar-refractivity contribution is -0.143. The fourth-order valence-corrected chi connectivity index (χ4v) is 9.23. The first-order valence-electron chi connectivity index (χ1n) is 21.0. The van der Waals surface area contributed by atoms with Gasteiger partial charge in [-0.1, -0.05) is 87.7 Å². The number of rotatable bonds is 15. The van der Waals surface area contributed by atoms with Crippen molar-refractivity contribution in [2.75, 3.05) is 18.1 Å². The molecule has 0 radical (unpaired) electrons. The van der Waals surface area contributed by atoms with E-state index in [1.807, 2.05) is 66.7 Å². The molecule has 0 saturated heterocycles. The van der Waals surface area contributed by atoms with Gasteiger partial charge in [-0.25, -0.2) is 9.59 Å². The lowest BCUT2D eigenvalue weighted by Crippen LogP contribution is -2.26. The number of hydrogen-bond acceptors (Lipinski definition) is 5. The van der Waals surface area contributed by atoms with Gasteiger partial charge in [-0.05, 0) is 139 Å². The topological polar surface area (TPSA) is 55.8 Å². The summed E-state index contributed by atoms with van der Waals surface area (Å²) in [4.78, 5) is 25.9. The molecule has 0 saturated carbocycles. The van der Waals surface area contributed by atoms with E-state index in [-0.39, 0.29) is 36.1 Å². The molecule has 2 aliphatic carbocycles. The highest BCUT2D eigenvalue weighted by atomic mass is 19.4. The summed E-state index contributed by atoms with van der Waals surface area (Å²) in [7, 11) is 0. The number of nitrogens with zero attached hydrogens (tertiary/aromatic N) is 1. The summed E-state index contributed by atoms with van der Waals surface area (Å²) in [5.74, 6) is -0.977. The molecule has 63 heavy (non-hydrogen) atoms. The monoisotopic (exact) mass is 865 g/mol. The molecule has 0 unspecified atom stereocenters. The van der Waals surface area contributed by atoms with Crippen LogP contribution >= 0.6 is 0 Å². The largest absolute Gasteiger partial charge is 0.462 e. The Labute approximate surface area is 364 Å². The van der Waals surface area contributed by atoms with E-state index in [2.05, 4.69) is 33.1 Å². The molecule has 0 aromatic heterocycles. The molecule has 0 spiro atoms. The van der Waals surface area contributed by atoms with E-state index in [0.717, 1.165) is 56.6 Å². The van der Waals surface area contributed by atoms with Crippen LogP contribution in [-0.2, 0) is 42.2 Å². The van der Waals surface area contributed by atoms with Crippen LogP contribution in [0.25, 0.3) is 22.3 Å². The second-order valence-electron chi connectivity index (χ2n) is 17.1. The van der Waals surface area contributed by atoms with Crippen molar-refractivity contribution in [3.8, 4) is 22.3 Å². The summed E-state index contributed by atoms with van der Waals surface area (Å²) in [6, 6.07) is 28.6. The molecule has 0 heterocycles. The SMILES string of the molecule is C=C(C)C(=O)OCCCCC1(CCCCOC(=O)C(=C)C)c2ccccc2-c2ccc(N(c3cc(C(F)(F)F)cc(C(F)(F)F)c3)c3ccc4c(c3)C(C)(C)c3ccccc3-4)cc21. The van der Waals surface area contributed by atoms with Gasteiger partial charge in [0, 0.05) is 39.0 Å². The van der Waals surface area contributed by atoms with Gasteiger partial charge < -0.3 is 14.4 Å². The third kappa shape index (κ3) is 8.79.